The van der Waals surface area contributed by atoms with Gasteiger partial charge in [0.15, 0.2) is 5.82 Å². The highest BCUT2D eigenvalue weighted by Crippen LogP contribution is 2.20. The van der Waals surface area contributed by atoms with Crippen LogP contribution in [0.2, 0.25) is 0 Å². The lowest BCUT2D eigenvalue weighted by Crippen LogP contribution is -2.25. The van der Waals surface area contributed by atoms with Crippen LogP contribution >= 0.6 is 15.9 Å². The average molecular weight is 444 g/mol. The molecule has 28 heavy (non-hydrogen) atoms. The number of nitrogens with two attached hydrogens (primary N) is 1. The molecule has 0 unspecified atom stereocenters. The Morgan fingerprint density at radius 3 is 2.61 bits per heavy atom. The molecule has 1 fully saturated rings. The summed E-state index contributed by atoms with van der Waals surface area (Å²) in [6.07, 6.45) is 4.28. The summed E-state index contributed by atoms with van der Waals surface area (Å²) in [4.78, 5) is 11.0. The maximum atomic E-state index is 5.97. The summed E-state index contributed by atoms with van der Waals surface area (Å²) in [5.74, 6) is 2.12. The standard InChI is InChI=1S/C19H22BrN7O/c20-14-3-8-17(22-13-14)27-18(21)24-19(25-27)23-15-4-6-16(7-5-15)28-12-11-26-9-1-2-10-26/h3-8,13H,1-2,9-12H2,(H3,21,23,24,25). The number of likely N-dealkylation sites (tertiary alicyclic amines) is 1. The molecule has 2 aromatic heterocycles. The van der Waals surface area contributed by atoms with Crippen LogP contribution in [0, 0.1) is 0 Å². The molecule has 0 atom stereocenters. The van der Waals surface area contributed by atoms with E-state index in [2.05, 4.69) is 41.2 Å². The summed E-state index contributed by atoms with van der Waals surface area (Å²) in [5.41, 5.74) is 6.82. The van der Waals surface area contributed by atoms with Crippen molar-refractivity contribution < 1.29 is 4.74 Å². The van der Waals surface area contributed by atoms with Crippen LogP contribution in [0.3, 0.4) is 0 Å². The Morgan fingerprint density at radius 2 is 1.89 bits per heavy atom. The molecule has 3 aromatic rings. The van der Waals surface area contributed by atoms with Crippen LogP contribution < -0.4 is 15.8 Å². The first-order valence-corrected chi connectivity index (χ1v) is 10.0. The van der Waals surface area contributed by atoms with Gasteiger partial charge in [0.25, 0.3) is 0 Å². The number of nitrogens with zero attached hydrogens (tertiary/aromatic N) is 5. The fourth-order valence-corrected chi connectivity index (χ4v) is 3.34. The van der Waals surface area contributed by atoms with Gasteiger partial charge in [0.1, 0.15) is 12.4 Å². The van der Waals surface area contributed by atoms with E-state index in [0.29, 0.717) is 18.4 Å². The zero-order chi connectivity index (χ0) is 19.3. The van der Waals surface area contributed by atoms with Gasteiger partial charge in [-0.05, 0) is 78.3 Å². The van der Waals surface area contributed by atoms with Crippen molar-refractivity contribution in [3.63, 3.8) is 0 Å². The molecule has 0 radical (unpaired) electrons. The first-order valence-electron chi connectivity index (χ1n) is 9.24. The first kappa shape index (κ1) is 18.7. The Morgan fingerprint density at radius 1 is 1.11 bits per heavy atom. The summed E-state index contributed by atoms with van der Waals surface area (Å²) < 4.78 is 8.20. The molecule has 1 aromatic carbocycles. The molecule has 1 saturated heterocycles. The number of aromatic nitrogens is 4. The van der Waals surface area contributed by atoms with Crippen molar-refractivity contribution >= 4 is 33.5 Å². The van der Waals surface area contributed by atoms with Crippen molar-refractivity contribution in [1.29, 1.82) is 0 Å². The van der Waals surface area contributed by atoms with Crippen molar-refractivity contribution in [2.45, 2.75) is 12.8 Å². The van der Waals surface area contributed by atoms with Crippen LogP contribution in [-0.4, -0.2) is 50.9 Å². The lowest BCUT2D eigenvalue weighted by Gasteiger charge is -2.15. The number of benzene rings is 1. The lowest BCUT2D eigenvalue weighted by molar-refractivity contribution is 0.238. The maximum Gasteiger partial charge on any atom is 0.248 e. The molecule has 0 saturated carbocycles. The summed E-state index contributed by atoms with van der Waals surface area (Å²) in [6.45, 7) is 4.05. The van der Waals surface area contributed by atoms with E-state index in [-0.39, 0.29) is 5.95 Å². The second kappa shape index (κ2) is 8.57. The number of halogens is 1. The lowest BCUT2D eigenvalue weighted by atomic mass is 10.3. The summed E-state index contributed by atoms with van der Waals surface area (Å²) >= 11 is 3.36. The molecular formula is C19H22BrN7O. The zero-order valence-corrected chi connectivity index (χ0v) is 17.0. The van der Waals surface area contributed by atoms with Crippen LogP contribution in [0.25, 0.3) is 5.82 Å². The predicted octanol–water partition coefficient (Wildman–Crippen LogP) is 3.23. The van der Waals surface area contributed by atoms with Crippen LogP contribution in [0.15, 0.2) is 47.1 Å². The van der Waals surface area contributed by atoms with Gasteiger partial charge >= 0.3 is 0 Å². The molecular weight excluding hydrogens is 422 g/mol. The number of nitrogen functional groups attached to an aromatic ring is 1. The summed E-state index contributed by atoms with van der Waals surface area (Å²) in [6, 6.07) is 11.4. The minimum atomic E-state index is 0.263. The first-order chi connectivity index (χ1) is 13.7. The van der Waals surface area contributed by atoms with Crippen molar-refractivity contribution in [1.82, 2.24) is 24.6 Å². The van der Waals surface area contributed by atoms with E-state index >= 15 is 0 Å². The third-order valence-electron chi connectivity index (χ3n) is 4.55. The quantitative estimate of drug-likeness (QED) is 0.578. The van der Waals surface area contributed by atoms with Crippen molar-refractivity contribution in [2.75, 3.05) is 37.3 Å². The van der Waals surface area contributed by atoms with Gasteiger partial charge in [-0.2, -0.15) is 9.67 Å². The highest BCUT2D eigenvalue weighted by atomic mass is 79.9. The van der Waals surface area contributed by atoms with Crippen LogP contribution in [0.5, 0.6) is 5.75 Å². The van der Waals surface area contributed by atoms with Gasteiger partial charge in [0, 0.05) is 22.9 Å². The van der Waals surface area contributed by atoms with Gasteiger partial charge in [-0.25, -0.2) is 4.98 Å². The molecule has 146 valence electrons. The second-order valence-corrected chi connectivity index (χ2v) is 7.50. The maximum absolute atomic E-state index is 5.97. The highest BCUT2D eigenvalue weighted by Gasteiger charge is 2.12. The summed E-state index contributed by atoms with van der Waals surface area (Å²) in [5, 5.41) is 7.53. The van der Waals surface area contributed by atoms with E-state index in [1.54, 1.807) is 6.20 Å². The van der Waals surface area contributed by atoms with E-state index in [9.17, 15) is 0 Å². The van der Waals surface area contributed by atoms with E-state index in [1.165, 1.54) is 30.6 Å². The van der Waals surface area contributed by atoms with Crippen molar-refractivity contribution in [3.8, 4) is 11.6 Å². The minimum Gasteiger partial charge on any atom is -0.492 e. The molecule has 3 heterocycles. The predicted molar refractivity (Wildman–Crippen MR) is 112 cm³/mol. The number of anilines is 3. The van der Waals surface area contributed by atoms with Crippen LogP contribution in [0.4, 0.5) is 17.6 Å². The van der Waals surface area contributed by atoms with Gasteiger partial charge in [-0.3, -0.25) is 4.90 Å². The van der Waals surface area contributed by atoms with E-state index in [0.717, 1.165) is 22.5 Å². The molecule has 9 heteroatoms. The van der Waals surface area contributed by atoms with Crippen LogP contribution in [-0.2, 0) is 0 Å². The largest absolute Gasteiger partial charge is 0.492 e. The van der Waals surface area contributed by atoms with Crippen molar-refractivity contribution in [3.05, 3.63) is 47.1 Å². The zero-order valence-electron chi connectivity index (χ0n) is 15.4. The molecule has 3 N–H and O–H groups in total. The Hall–Kier alpha value is -2.65. The number of rotatable bonds is 7. The summed E-state index contributed by atoms with van der Waals surface area (Å²) in [7, 11) is 0. The van der Waals surface area contributed by atoms with Crippen LogP contribution in [0.1, 0.15) is 12.8 Å². The van der Waals surface area contributed by atoms with E-state index < -0.39 is 0 Å². The Balaban J connectivity index is 1.35. The Bertz CT molecular complexity index is 905. The molecule has 4 rings (SSSR count). The Kier molecular flexibility index (Phi) is 5.73. The fraction of sp³-hybridized carbons (Fsp3) is 0.316. The number of ether oxygens (including phenoxy) is 1. The number of nitrogens with one attached hydrogen (secondary N) is 1. The molecule has 0 aliphatic carbocycles. The molecule has 0 bridgehead atoms. The average Bonchev–Trinajstić information content (AvgIpc) is 3.34. The molecule has 1 aliphatic heterocycles. The van der Waals surface area contributed by atoms with Gasteiger partial charge < -0.3 is 15.8 Å². The number of hydrogen-bond acceptors (Lipinski definition) is 7. The monoisotopic (exact) mass is 443 g/mol. The van der Waals surface area contributed by atoms with E-state index in [1.807, 2.05) is 36.4 Å². The fourth-order valence-electron chi connectivity index (χ4n) is 3.10. The molecule has 0 spiro atoms. The third kappa shape index (κ3) is 4.60. The molecule has 0 amide bonds. The molecule has 8 nitrogen and oxygen atoms in total. The highest BCUT2D eigenvalue weighted by molar-refractivity contribution is 9.10. The number of hydrogen-bond donors (Lipinski definition) is 2. The molecule has 1 aliphatic rings. The van der Waals surface area contributed by atoms with Gasteiger partial charge in [0.2, 0.25) is 11.9 Å². The normalized spacial score (nSPS) is 14.3. The second-order valence-electron chi connectivity index (χ2n) is 6.59. The van der Waals surface area contributed by atoms with E-state index in [4.69, 9.17) is 10.5 Å². The van der Waals surface area contributed by atoms with Gasteiger partial charge in [0.05, 0.1) is 0 Å². The smallest absolute Gasteiger partial charge is 0.248 e. The Labute approximate surface area is 171 Å². The van der Waals surface area contributed by atoms with Gasteiger partial charge in [-0.1, -0.05) is 0 Å². The number of pyridine rings is 1. The third-order valence-corrected chi connectivity index (χ3v) is 5.02. The van der Waals surface area contributed by atoms with Gasteiger partial charge in [-0.15, -0.1) is 5.10 Å². The van der Waals surface area contributed by atoms with Crippen molar-refractivity contribution in [2.24, 2.45) is 0 Å². The minimum absolute atomic E-state index is 0.263. The SMILES string of the molecule is Nc1nc(Nc2ccc(OCCN3CCCC3)cc2)nn1-c1ccc(Br)cn1. The topological polar surface area (TPSA) is 94.1 Å².